The monoisotopic (exact) mass is 191 g/mol. The third-order valence-electron chi connectivity index (χ3n) is 1.23. The highest BCUT2D eigenvalue weighted by atomic mass is 32.1. The largest absolute Gasteiger partial charge is 0.331 e. The van der Waals surface area contributed by atoms with Crippen LogP contribution in [0.3, 0.4) is 0 Å². The van der Waals surface area contributed by atoms with E-state index in [2.05, 4.69) is 4.84 Å². The maximum Gasteiger partial charge on any atom is 0.330 e. The van der Waals surface area contributed by atoms with Crippen molar-refractivity contribution < 1.29 is 19.2 Å². The third-order valence-corrected chi connectivity index (χ3v) is 1.23. The molecule has 0 aromatic heterocycles. The van der Waals surface area contributed by atoms with E-state index in [-0.39, 0.29) is 26.3 Å². The quantitative estimate of drug-likeness (QED) is 0.535. The summed E-state index contributed by atoms with van der Waals surface area (Å²) in [7, 11) is 0. The summed E-state index contributed by atoms with van der Waals surface area (Å²) in [6.45, 7) is 1.14. The molecule has 1 saturated heterocycles. The Balaban J connectivity index is 0.00000121. The fraction of sp³-hybridized carbons (Fsp3) is 0.500. The van der Waals surface area contributed by atoms with Crippen molar-refractivity contribution in [3.8, 4) is 0 Å². The molecule has 1 aliphatic heterocycles. The molecular formula is C6H9NO4S. The van der Waals surface area contributed by atoms with Gasteiger partial charge in [0.1, 0.15) is 0 Å². The standard InChI is InChI=1S/C6H7NO4.H2S/c1-4(8)11-7-5(9)2-3-6(7)10;/h2-3H2,1H3;1H2. The molecule has 6 heteroatoms. The molecule has 0 aromatic carbocycles. The first-order valence-corrected chi connectivity index (χ1v) is 3.15. The maximum atomic E-state index is 10.7. The molecule has 1 heterocycles. The summed E-state index contributed by atoms with van der Waals surface area (Å²) in [4.78, 5) is 36.1. The number of imide groups is 1. The lowest BCUT2D eigenvalue weighted by Crippen LogP contribution is -2.30. The molecule has 2 amide bonds. The average molecular weight is 191 g/mol. The molecule has 0 atom stereocenters. The summed E-state index contributed by atoms with van der Waals surface area (Å²) < 4.78 is 0. The summed E-state index contributed by atoms with van der Waals surface area (Å²) >= 11 is 0. The number of carbonyl (C=O) groups excluding carboxylic acids is 3. The van der Waals surface area contributed by atoms with Crippen LogP contribution in [0.15, 0.2) is 0 Å². The van der Waals surface area contributed by atoms with Gasteiger partial charge in [-0.15, -0.1) is 5.06 Å². The molecule has 1 rings (SSSR count). The zero-order valence-corrected chi connectivity index (χ0v) is 7.49. The van der Waals surface area contributed by atoms with Gasteiger partial charge in [0.2, 0.25) is 0 Å². The first-order chi connectivity index (χ1) is 5.11. The predicted octanol–water partition coefficient (Wildman–Crippen LogP) is -0.274. The van der Waals surface area contributed by atoms with E-state index in [0.29, 0.717) is 5.06 Å². The maximum absolute atomic E-state index is 10.7. The zero-order valence-electron chi connectivity index (χ0n) is 6.49. The van der Waals surface area contributed by atoms with Crippen LogP contribution in [0.1, 0.15) is 19.8 Å². The van der Waals surface area contributed by atoms with Crippen LogP contribution in [0.25, 0.3) is 0 Å². The van der Waals surface area contributed by atoms with Crippen LogP contribution < -0.4 is 0 Å². The van der Waals surface area contributed by atoms with Gasteiger partial charge in [-0.3, -0.25) is 9.59 Å². The minimum absolute atomic E-state index is 0. The van der Waals surface area contributed by atoms with Crippen molar-refractivity contribution in [2.45, 2.75) is 19.8 Å². The van der Waals surface area contributed by atoms with Crippen LogP contribution in [0.5, 0.6) is 0 Å². The molecule has 12 heavy (non-hydrogen) atoms. The second-order valence-electron chi connectivity index (χ2n) is 2.16. The van der Waals surface area contributed by atoms with Crippen LogP contribution in [-0.2, 0) is 19.2 Å². The first-order valence-electron chi connectivity index (χ1n) is 3.15. The van der Waals surface area contributed by atoms with Crippen LogP contribution in [0.2, 0.25) is 0 Å². The molecular weight excluding hydrogens is 182 g/mol. The molecule has 0 unspecified atom stereocenters. The van der Waals surface area contributed by atoms with Crippen LogP contribution in [-0.4, -0.2) is 22.8 Å². The Morgan fingerprint density at radius 1 is 1.33 bits per heavy atom. The molecule has 0 bridgehead atoms. The lowest BCUT2D eigenvalue weighted by atomic mass is 10.4. The van der Waals surface area contributed by atoms with Gasteiger partial charge in [0, 0.05) is 19.8 Å². The second-order valence-corrected chi connectivity index (χ2v) is 2.16. The van der Waals surface area contributed by atoms with E-state index in [1.165, 1.54) is 0 Å². The van der Waals surface area contributed by atoms with Crippen molar-refractivity contribution >= 4 is 31.3 Å². The first kappa shape index (κ1) is 11.0. The van der Waals surface area contributed by atoms with Gasteiger partial charge < -0.3 is 4.84 Å². The molecule has 5 nitrogen and oxygen atoms in total. The Morgan fingerprint density at radius 3 is 2.08 bits per heavy atom. The molecule has 0 saturated carbocycles. The minimum Gasteiger partial charge on any atom is -0.331 e. The van der Waals surface area contributed by atoms with Crippen LogP contribution in [0, 0.1) is 0 Å². The number of hydroxylamine groups is 2. The normalized spacial score (nSPS) is 15.9. The molecule has 0 spiro atoms. The zero-order chi connectivity index (χ0) is 8.43. The van der Waals surface area contributed by atoms with Crippen molar-refractivity contribution in [2.75, 3.05) is 0 Å². The second kappa shape index (κ2) is 4.10. The van der Waals surface area contributed by atoms with Crippen LogP contribution in [0.4, 0.5) is 0 Å². The molecule has 0 aliphatic carbocycles. The van der Waals surface area contributed by atoms with E-state index in [4.69, 9.17) is 0 Å². The Hall–Kier alpha value is -1.04. The molecule has 0 radical (unpaired) electrons. The number of hydrogen-bond donors (Lipinski definition) is 0. The highest BCUT2D eigenvalue weighted by molar-refractivity contribution is 7.59. The highest BCUT2D eigenvalue weighted by Gasteiger charge is 2.31. The van der Waals surface area contributed by atoms with Gasteiger partial charge in [-0.05, 0) is 0 Å². The fourth-order valence-electron chi connectivity index (χ4n) is 0.786. The lowest BCUT2D eigenvalue weighted by Gasteiger charge is -2.09. The number of hydrogen-bond acceptors (Lipinski definition) is 4. The lowest BCUT2D eigenvalue weighted by molar-refractivity contribution is -0.195. The van der Waals surface area contributed by atoms with Crippen molar-refractivity contribution in [1.29, 1.82) is 0 Å². The Labute approximate surface area is 76.1 Å². The third kappa shape index (κ3) is 2.23. The molecule has 1 aliphatic rings. The van der Waals surface area contributed by atoms with Crippen LogP contribution >= 0.6 is 13.5 Å². The van der Waals surface area contributed by atoms with Gasteiger partial charge >= 0.3 is 5.97 Å². The van der Waals surface area contributed by atoms with Gasteiger partial charge in [-0.25, -0.2) is 4.79 Å². The van der Waals surface area contributed by atoms with E-state index in [1.54, 1.807) is 0 Å². The molecule has 68 valence electrons. The van der Waals surface area contributed by atoms with Crippen molar-refractivity contribution in [1.82, 2.24) is 5.06 Å². The Morgan fingerprint density at radius 2 is 1.75 bits per heavy atom. The molecule has 0 aromatic rings. The van der Waals surface area contributed by atoms with E-state index >= 15 is 0 Å². The van der Waals surface area contributed by atoms with Crippen molar-refractivity contribution in [3.05, 3.63) is 0 Å². The van der Waals surface area contributed by atoms with Gasteiger partial charge in [-0.1, -0.05) is 0 Å². The van der Waals surface area contributed by atoms with E-state index < -0.39 is 17.8 Å². The summed E-state index contributed by atoms with van der Waals surface area (Å²) in [5.41, 5.74) is 0. The predicted molar refractivity (Wildman–Crippen MR) is 43.2 cm³/mol. The summed E-state index contributed by atoms with van der Waals surface area (Å²) in [6.07, 6.45) is 0.262. The van der Waals surface area contributed by atoms with E-state index in [1.807, 2.05) is 0 Å². The SMILES string of the molecule is CC(=O)ON1C(=O)CCC1=O.S. The Bertz CT molecular complexity index is 212. The average Bonchev–Trinajstić information content (AvgIpc) is 2.18. The topological polar surface area (TPSA) is 63.7 Å². The summed E-state index contributed by atoms with van der Waals surface area (Å²) in [6, 6.07) is 0. The van der Waals surface area contributed by atoms with E-state index in [9.17, 15) is 14.4 Å². The smallest absolute Gasteiger partial charge is 0.330 e. The fourth-order valence-corrected chi connectivity index (χ4v) is 0.786. The number of amides is 2. The summed E-state index contributed by atoms with van der Waals surface area (Å²) in [5, 5.41) is 0.516. The van der Waals surface area contributed by atoms with E-state index in [0.717, 1.165) is 6.92 Å². The van der Waals surface area contributed by atoms with Gasteiger partial charge in [0.05, 0.1) is 0 Å². The number of carbonyl (C=O) groups is 3. The molecule has 1 fully saturated rings. The van der Waals surface area contributed by atoms with Crippen molar-refractivity contribution in [2.24, 2.45) is 0 Å². The number of nitrogens with zero attached hydrogens (tertiary/aromatic N) is 1. The Kier molecular flexibility index (Phi) is 3.75. The molecule has 0 N–H and O–H groups in total. The highest BCUT2D eigenvalue weighted by Crippen LogP contribution is 2.11. The van der Waals surface area contributed by atoms with Gasteiger partial charge in [0.15, 0.2) is 0 Å². The summed E-state index contributed by atoms with van der Waals surface area (Å²) in [5.74, 6) is -1.57. The van der Waals surface area contributed by atoms with Gasteiger partial charge in [-0.2, -0.15) is 13.5 Å². The minimum atomic E-state index is -0.659. The van der Waals surface area contributed by atoms with Crippen molar-refractivity contribution in [3.63, 3.8) is 0 Å². The number of rotatable bonds is 1. The van der Waals surface area contributed by atoms with Gasteiger partial charge in [0.25, 0.3) is 11.8 Å².